The second-order valence-electron chi connectivity index (χ2n) is 6.08. The van der Waals surface area contributed by atoms with Gasteiger partial charge in [-0.1, -0.05) is 12.1 Å². The molecule has 0 aliphatic heterocycles. The van der Waals surface area contributed by atoms with E-state index in [0.29, 0.717) is 11.4 Å². The number of nitro benzene ring substituents is 1. The number of sulfonamides is 1. The van der Waals surface area contributed by atoms with Crippen molar-refractivity contribution in [2.24, 2.45) is 0 Å². The average Bonchev–Trinajstić information content (AvgIpc) is 2.74. The van der Waals surface area contributed by atoms with Gasteiger partial charge in [0, 0.05) is 23.4 Å². The van der Waals surface area contributed by atoms with Crippen molar-refractivity contribution >= 4 is 38.7 Å². The Bertz CT molecular complexity index is 1200. The third kappa shape index (κ3) is 4.90. The van der Waals surface area contributed by atoms with Gasteiger partial charge in [-0.05, 0) is 48.5 Å². The van der Waals surface area contributed by atoms with E-state index in [9.17, 15) is 23.3 Å². The molecule has 0 radical (unpaired) electrons. The SMILES string of the molecule is O=C(Nc1ccc([N+](=O)[O-])cc1)c1cccc(S(=O)(=O)Nc2cccc(NO)c2)c1. The van der Waals surface area contributed by atoms with Crippen LogP contribution in [0.15, 0.2) is 77.7 Å². The molecule has 0 fully saturated rings. The fourth-order valence-corrected chi connectivity index (χ4v) is 3.64. The first kappa shape index (κ1) is 20.8. The van der Waals surface area contributed by atoms with Crippen LogP contribution in [0.1, 0.15) is 10.4 Å². The first-order valence-electron chi connectivity index (χ1n) is 8.47. The van der Waals surface area contributed by atoms with Gasteiger partial charge in [-0.25, -0.2) is 8.42 Å². The number of amides is 1. The number of hydrogen-bond donors (Lipinski definition) is 4. The number of benzene rings is 3. The molecule has 0 saturated heterocycles. The third-order valence-corrected chi connectivity index (χ3v) is 5.37. The van der Waals surface area contributed by atoms with Gasteiger partial charge in [-0.2, -0.15) is 0 Å². The number of nitrogens with zero attached hydrogens (tertiary/aromatic N) is 1. The van der Waals surface area contributed by atoms with Crippen LogP contribution in [0.4, 0.5) is 22.7 Å². The maximum absolute atomic E-state index is 12.6. The van der Waals surface area contributed by atoms with Gasteiger partial charge < -0.3 is 5.32 Å². The van der Waals surface area contributed by atoms with Crippen LogP contribution in [0.25, 0.3) is 0 Å². The van der Waals surface area contributed by atoms with Gasteiger partial charge in [0.15, 0.2) is 0 Å². The van der Waals surface area contributed by atoms with Crippen LogP contribution in [0.2, 0.25) is 0 Å². The molecule has 1 amide bonds. The van der Waals surface area contributed by atoms with Crippen molar-refractivity contribution in [3.8, 4) is 0 Å². The van der Waals surface area contributed by atoms with E-state index in [4.69, 9.17) is 5.21 Å². The van der Waals surface area contributed by atoms with Crippen molar-refractivity contribution in [2.75, 3.05) is 15.5 Å². The van der Waals surface area contributed by atoms with Crippen LogP contribution in [0.5, 0.6) is 0 Å². The molecule has 0 unspecified atom stereocenters. The highest BCUT2D eigenvalue weighted by atomic mass is 32.2. The lowest BCUT2D eigenvalue weighted by Gasteiger charge is -2.11. The zero-order valence-electron chi connectivity index (χ0n) is 15.3. The number of rotatable bonds is 7. The highest BCUT2D eigenvalue weighted by Gasteiger charge is 2.17. The lowest BCUT2D eigenvalue weighted by molar-refractivity contribution is -0.384. The maximum atomic E-state index is 12.6. The van der Waals surface area contributed by atoms with E-state index in [2.05, 4.69) is 10.0 Å². The smallest absolute Gasteiger partial charge is 0.269 e. The zero-order chi connectivity index (χ0) is 21.7. The number of nitro groups is 1. The Hall–Kier alpha value is -3.96. The van der Waals surface area contributed by atoms with E-state index in [1.54, 1.807) is 12.1 Å². The first-order chi connectivity index (χ1) is 14.3. The molecule has 3 aromatic carbocycles. The van der Waals surface area contributed by atoms with Gasteiger partial charge in [0.25, 0.3) is 21.6 Å². The highest BCUT2D eigenvalue weighted by molar-refractivity contribution is 7.92. The van der Waals surface area contributed by atoms with Crippen molar-refractivity contribution in [3.63, 3.8) is 0 Å². The van der Waals surface area contributed by atoms with E-state index < -0.39 is 20.9 Å². The van der Waals surface area contributed by atoms with Crippen molar-refractivity contribution in [3.05, 3.63) is 88.5 Å². The number of hydrogen-bond acceptors (Lipinski definition) is 7. The fourth-order valence-electron chi connectivity index (χ4n) is 2.54. The van der Waals surface area contributed by atoms with Crippen LogP contribution >= 0.6 is 0 Å². The molecule has 0 aliphatic rings. The summed E-state index contributed by atoms with van der Waals surface area (Å²) in [6, 6.07) is 16.6. The van der Waals surface area contributed by atoms with Crippen LogP contribution in [-0.2, 0) is 10.0 Å². The van der Waals surface area contributed by atoms with Crippen molar-refractivity contribution in [1.82, 2.24) is 0 Å². The minimum Gasteiger partial charge on any atom is -0.322 e. The molecule has 0 aromatic heterocycles. The summed E-state index contributed by atoms with van der Waals surface area (Å²) >= 11 is 0. The number of anilines is 3. The van der Waals surface area contributed by atoms with Crippen LogP contribution in [0.3, 0.4) is 0 Å². The maximum Gasteiger partial charge on any atom is 0.269 e. The molecule has 154 valence electrons. The quantitative estimate of drug-likeness (QED) is 0.332. The van der Waals surface area contributed by atoms with Gasteiger partial charge in [-0.15, -0.1) is 0 Å². The van der Waals surface area contributed by atoms with Crippen LogP contribution in [0, 0.1) is 10.1 Å². The Labute approximate surface area is 171 Å². The Balaban J connectivity index is 1.78. The molecular weight excluding hydrogens is 412 g/mol. The summed E-state index contributed by atoms with van der Waals surface area (Å²) in [4.78, 5) is 22.5. The van der Waals surface area contributed by atoms with Crippen LogP contribution in [-0.4, -0.2) is 24.5 Å². The van der Waals surface area contributed by atoms with Gasteiger partial charge in [0.2, 0.25) is 0 Å². The third-order valence-electron chi connectivity index (χ3n) is 3.99. The molecule has 0 atom stereocenters. The molecule has 4 N–H and O–H groups in total. The number of carbonyl (C=O) groups excluding carboxylic acids is 1. The van der Waals surface area contributed by atoms with E-state index in [0.717, 1.165) is 0 Å². The molecule has 0 bridgehead atoms. The number of carbonyl (C=O) groups is 1. The van der Waals surface area contributed by atoms with Crippen molar-refractivity contribution in [1.29, 1.82) is 0 Å². The van der Waals surface area contributed by atoms with Gasteiger partial charge in [-0.3, -0.25) is 30.3 Å². The minimum atomic E-state index is -4.00. The van der Waals surface area contributed by atoms with Crippen molar-refractivity contribution in [2.45, 2.75) is 4.90 Å². The van der Waals surface area contributed by atoms with E-state index in [1.807, 2.05) is 5.48 Å². The summed E-state index contributed by atoms with van der Waals surface area (Å²) in [6.45, 7) is 0. The second-order valence-corrected chi connectivity index (χ2v) is 7.77. The topological polar surface area (TPSA) is 151 Å². The van der Waals surface area contributed by atoms with Gasteiger partial charge in [0.05, 0.1) is 21.2 Å². The predicted octanol–water partition coefficient (Wildman–Crippen LogP) is 3.45. The molecule has 3 aromatic rings. The molecule has 0 aliphatic carbocycles. The Morgan fingerprint density at radius 1 is 0.900 bits per heavy atom. The molecule has 0 heterocycles. The minimum absolute atomic E-state index is 0.0852. The Morgan fingerprint density at radius 2 is 1.57 bits per heavy atom. The molecular formula is C19H16N4O6S. The summed E-state index contributed by atoms with van der Waals surface area (Å²) in [5.41, 5.74) is 2.73. The predicted molar refractivity (Wildman–Crippen MR) is 110 cm³/mol. The molecule has 0 saturated carbocycles. The first-order valence-corrected chi connectivity index (χ1v) is 9.96. The lowest BCUT2D eigenvalue weighted by Crippen LogP contribution is -2.16. The molecule has 30 heavy (non-hydrogen) atoms. The lowest BCUT2D eigenvalue weighted by atomic mass is 10.2. The van der Waals surface area contributed by atoms with Crippen LogP contribution < -0.4 is 15.5 Å². The summed E-state index contributed by atoms with van der Waals surface area (Å²) in [5.74, 6) is -0.576. The summed E-state index contributed by atoms with van der Waals surface area (Å²) in [5, 5.41) is 22.2. The zero-order valence-corrected chi connectivity index (χ0v) is 16.1. The molecule has 10 nitrogen and oxygen atoms in total. The largest absolute Gasteiger partial charge is 0.322 e. The van der Waals surface area contributed by atoms with E-state index in [1.165, 1.54) is 60.7 Å². The normalized spacial score (nSPS) is 10.8. The average molecular weight is 428 g/mol. The summed E-state index contributed by atoms with van der Waals surface area (Å²) in [6.07, 6.45) is 0. The standard InChI is InChI=1S/C19H16N4O6S/c24-19(20-14-7-9-17(10-8-14)23(26)27)13-3-1-6-18(11-13)30(28,29)22-16-5-2-4-15(12-16)21-25/h1-12,21-22,25H,(H,20,24). The molecule has 0 spiro atoms. The monoisotopic (exact) mass is 428 g/mol. The van der Waals surface area contributed by atoms with Gasteiger partial charge >= 0.3 is 0 Å². The Morgan fingerprint density at radius 3 is 2.23 bits per heavy atom. The molecule has 3 rings (SSSR count). The summed E-state index contributed by atoms with van der Waals surface area (Å²) in [7, 11) is -4.00. The highest BCUT2D eigenvalue weighted by Crippen LogP contribution is 2.21. The van der Waals surface area contributed by atoms with E-state index >= 15 is 0 Å². The second kappa shape index (κ2) is 8.59. The van der Waals surface area contributed by atoms with Crippen molar-refractivity contribution < 1.29 is 23.3 Å². The summed E-state index contributed by atoms with van der Waals surface area (Å²) < 4.78 is 27.7. The number of nitrogens with one attached hydrogen (secondary N) is 3. The van der Waals surface area contributed by atoms with Gasteiger partial charge in [0.1, 0.15) is 0 Å². The van der Waals surface area contributed by atoms with E-state index in [-0.39, 0.29) is 21.8 Å². The number of non-ortho nitro benzene ring substituents is 1. The molecule has 11 heteroatoms. The Kier molecular flexibility index (Phi) is 5.95. The fraction of sp³-hybridized carbons (Fsp3) is 0.